The van der Waals surface area contributed by atoms with E-state index in [4.69, 9.17) is 0 Å². The van der Waals surface area contributed by atoms with E-state index in [1.54, 1.807) is 0 Å². The molecule has 0 radical (unpaired) electrons. The van der Waals surface area contributed by atoms with Crippen LogP contribution < -0.4 is 0 Å². The van der Waals surface area contributed by atoms with Gasteiger partial charge < -0.3 is 4.90 Å². The standard InChI is InChI=1S/C21H22F3NO2S/c1-25(2)13-5-8-19-18-7-4-3-6-15(18)9-10-16-11-12-17(14-20(16)19)28(26,27)21(22,23)24/h3-8,11-12,14,19H,9-10,13H2,1-2H3/b8-5-. The molecule has 3 rings (SSSR count). The van der Waals surface area contributed by atoms with Crippen molar-refractivity contribution in [1.29, 1.82) is 0 Å². The zero-order chi connectivity index (χ0) is 20.5. The molecule has 1 unspecified atom stereocenters. The van der Waals surface area contributed by atoms with E-state index in [9.17, 15) is 21.6 Å². The number of hydrogen-bond donors (Lipinski definition) is 0. The van der Waals surface area contributed by atoms with Crippen LogP contribution in [-0.2, 0) is 22.7 Å². The third-order valence-electron chi connectivity index (χ3n) is 4.92. The highest BCUT2D eigenvalue weighted by Gasteiger charge is 2.47. The maximum absolute atomic E-state index is 13.1. The monoisotopic (exact) mass is 409 g/mol. The largest absolute Gasteiger partial charge is 0.501 e. The van der Waals surface area contributed by atoms with Crippen molar-refractivity contribution in [3.63, 3.8) is 0 Å². The molecular formula is C21H22F3NO2S. The van der Waals surface area contributed by atoms with Crippen molar-refractivity contribution >= 4 is 9.84 Å². The topological polar surface area (TPSA) is 37.4 Å². The van der Waals surface area contributed by atoms with Crippen LogP contribution >= 0.6 is 0 Å². The molecule has 150 valence electrons. The number of halogens is 3. The van der Waals surface area contributed by atoms with E-state index in [2.05, 4.69) is 0 Å². The van der Waals surface area contributed by atoms with Gasteiger partial charge in [-0.1, -0.05) is 42.5 Å². The van der Waals surface area contributed by atoms with Crippen LogP contribution in [0.4, 0.5) is 13.2 Å². The van der Waals surface area contributed by atoms with Gasteiger partial charge in [0.05, 0.1) is 4.90 Å². The summed E-state index contributed by atoms with van der Waals surface area (Å²) in [7, 11) is -1.54. The van der Waals surface area contributed by atoms with Gasteiger partial charge in [0.25, 0.3) is 9.84 Å². The molecule has 0 spiro atoms. The van der Waals surface area contributed by atoms with Gasteiger partial charge >= 0.3 is 5.51 Å². The molecule has 0 heterocycles. The van der Waals surface area contributed by atoms with Crippen LogP contribution in [0.25, 0.3) is 0 Å². The fourth-order valence-corrected chi connectivity index (χ4v) is 4.30. The minimum atomic E-state index is -5.39. The molecule has 2 aromatic rings. The first-order chi connectivity index (χ1) is 13.1. The van der Waals surface area contributed by atoms with Crippen LogP contribution in [0.3, 0.4) is 0 Å². The number of likely N-dealkylation sites (N-methyl/N-ethyl adjacent to an activating group) is 1. The molecule has 3 nitrogen and oxygen atoms in total. The minimum Gasteiger partial charge on any atom is -0.306 e. The molecule has 0 N–H and O–H groups in total. The molecule has 0 bridgehead atoms. The lowest BCUT2D eigenvalue weighted by Gasteiger charge is -2.19. The summed E-state index contributed by atoms with van der Waals surface area (Å²) in [5.74, 6) is -0.294. The molecule has 0 aliphatic heterocycles. The number of sulfone groups is 1. The van der Waals surface area contributed by atoms with Gasteiger partial charge in [-0.05, 0) is 61.3 Å². The average Bonchev–Trinajstić information content (AvgIpc) is 2.77. The lowest BCUT2D eigenvalue weighted by Crippen LogP contribution is -2.23. The van der Waals surface area contributed by atoms with Crippen LogP contribution in [0.1, 0.15) is 28.2 Å². The van der Waals surface area contributed by atoms with Crippen LogP contribution in [-0.4, -0.2) is 39.5 Å². The zero-order valence-corrected chi connectivity index (χ0v) is 16.5. The fourth-order valence-electron chi connectivity index (χ4n) is 3.51. The summed E-state index contributed by atoms with van der Waals surface area (Å²) in [6.07, 6.45) is 5.32. The van der Waals surface area contributed by atoms with Gasteiger partial charge in [-0.2, -0.15) is 13.2 Å². The second kappa shape index (κ2) is 7.72. The maximum Gasteiger partial charge on any atom is 0.501 e. The van der Waals surface area contributed by atoms with E-state index in [1.165, 1.54) is 12.1 Å². The van der Waals surface area contributed by atoms with E-state index >= 15 is 0 Å². The summed E-state index contributed by atoms with van der Waals surface area (Å²) in [5.41, 5.74) is -1.71. The Hall–Kier alpha value is -2.12. The lowest BCUT2D eigenvalue weighted by molar-refractivity contribution is -0.0436. The zero-order valence-electron chi connectivity index (χ0n) is 15.7. The first-order valence-electron chi connectivity index (χ1n) is 8.94. The van der Waals surface area contributed by atoms with Gasteiger partial charge in [0, 0.05) is 12.5 Å². The van der Waals surface area contributed by atoms with Crippen molar-refractivity contribution in [2.75, 3.05) is 20.6 Å². The Labute approximate surface area is 163 Å². The second-order valence-electron chi connectivity index (χ2n) is 7.18. The van der Waals surface area contributed by atoms with Crippen molar-refractivity contribution in [3.8, 4) is 0 Å². The van der Waals surface area contributed by atoms with Gasteiger partial charge in [0.2, 0.25) is 0 Å². The highest BCUT2D eigenvalue weighted by atomic mass is 32.2. The van der Waals surface area contributed by atoms with E-state index in [0.717, 1.165) is 29.2 Å². The summed E-state index contributed by atoms with van der Waals surface area (Å²) in [5, 5.41) is 0. The normalized spacial score (nSPS) is 17.4. The fraction of sp³-hybridized carbons (Fsp3) is 0.333. The first-order valence-corrected chi connectivity index (χ1v) is 10.4. The number of allylic oxidation sites excluding steroid dienone is 1. The molecule has 7 heteroatoms. The maximum atomic E-state index is 13.1. The Bertz CT molecular complexity index is 995. The highest BCUT2D eigenvalue weighted by molar-refractivity contribution is 7.92. The van der Waals surface area contributed by atoms with Gasteiger partial charge in [-0.25, -0.2) is 8.42 Å². The van der Waals surface area contributed by atoms with Crippen LogP contribution in [0.5, 0.6) is 0 Å². The first kappa shape index (κ1) is 20.6. The predicted molar refractivity (Wildman–Crippen MR) is 103 cm³/mol. The molecule has 2 aromatic carbocycles. The molecule has 0 fully saturated rings. The molecule has 0 saturated heterocycles. The lowest BCUT2D eigenvalue weighted by atomic mass is 9.88. The quantitative estimate of drug-likeness (QED) is 0.706. The Kier molecular flexibility index (Phi) is 5.68. The summed E-state index contributed by atoms with van der Waals surface area (Å²) in [4.78, 5) is 1.27. The van der Waals surface area contributed by atoms with Crippen molar-refractivity contribution < 1.29 is 21.6 Å². The van der Waals surface area contributed by atoms with Crippen molar-refractivity contribution in [2.24, 2.45) is 0 Å². The second-order valence-corrected chi connectivity index (χ2v) is 9.12. The van der Waals surface area contributed by atoms with Crippen molar-refractivity contribution in [1.82, 2.24) is 4.90 Å². The molecular weight excluding hydrogens is 387 g/mol. The summed E-state index contributed by atoms with van der Waals surface area (Å²) >= 11 is 0. The number of alkyl halides is 3. The number of aryl methyl sites for hydroxylation is 2. The molecule has 1 aliphatic rings. The number of hydrogen-bond acceptors (Lipinski definition) is 3. The van der Waals surface area contributed by atoms with E-state index in [1.807, 2.05) is 55.4 Å². The molecule has 0 aromatic heterocycles. The van der Waals surface area contributed by atoms with E-state index < -0.39 is 20.2 Å². The Morgan fingerprint density at radius 2 is 1.68 bits per heavy atom. The Balaban J connectivity index is 2.16. The van der Waals surface area contributed by atoms with E-state index in [-0.39, 0.29) is 5.92 Å². The van der Waals surface area contributed by atoms with Crippen molar-refractivity contribution in [2.45, 2.75) is 29.2 Å². The van der Waals surface area contributed by atoms with Crippen LogP contribution in [0.15, 0.2) is 59.5 Å². The number of nitrogens with zero attached hydrogens (tertiary/aromatic N) is 1. The number of rotatable bonds is 4. The molecule has 28 heavy (non-hydrogen) atoms. The Morgan fingerprint density at radius 3 is 2.32 bits per heavy atom. The average molecular weight is 409 g/mol. The number of fused-ring (bicyclic) bond motifs is 2. The van der Waals surface area contributed by atoms with Gasteiger partial charge in [-0.15, -0.1) is 0 Å². The molecule has 1 atom stereocenters. The van der Waals surface area contributed by atoms with Gasteiger partial charge in [0.1, 0.15) is 0 Å². The smallest absolute Gasteiger partial charge is 0.306 e. The molecule has 0 amide bonds. The predicted octanol–water partition coefficient (Wildman–Crippen LogP) is 4.33. The third-order valence-corrected chi connectivity index (χ3v) is 6.40. The number of benzene rings is 2. The summed E-state index contributed by atoms with van der Waals surface area (Å²) in [6, 6.07) is 11.6. The van der Waals surface area contributed by atoms with Crippen LogP contribution in [0, 0.1) is 0 Å². The SMILES string of the molecule is CN(C)C/C=C\C1c2ccccc2CCc2ccc(S(=O)(=O)C(F)(F)F)cc21. The van der Waals surface area contributed by atoms with Gasteiger partial charge in [-0.3, -0.25) is 0 Å². The minimum absolute atomic E-state index is 0.294. The van der Waals surface area contributed by atoms with E-state index in [0.29, 0.717) is 18.5 Å². The van der Waals surface area contributed by atoms with Crippen LogP contribution in [0.2, 0.25) is 0 Å². The van der Waals surface area contributed by atoms with Crippen molar-refractivity contribution in [3.05, 3.63) is 76.9 Å². The van der Waals surface area contributed by atoms with Gasteiger partial charge in [0.15, 0.2) is 0 Å². The molecule has 1 aliphatic carbocycles. The summed E-state index contributed by atoms with van der Waals surface area (Å²) in [6.45, 7) is 0.675. The third kappa shape index (κ3) is 4.00. The Morgan fingerprint density at radius 1 is 1.04 bits per heavy atom. The summed E-state index contributed by atoms with van der Waals surface area (Å²) < 4.78 is 63.0. The molecule has 0 saturated carbocycles. The highest BCUT2D eigenvalue weighted by Crippen LogP contribution is 2.38.